The molecule has 140 valence electrons. The largest absolute Gasteiger partial charge is 0.497 e. The number of hydrogen-bond donors (Lipinski definition) is 0. The molecule has 0 spiro atoms. The molecule has 2 aromatic rings. The van der Waals surface area contributed by atoms with E-state index in [0.29, 0.717) is 39.2 Å². The fourth-order valence-corrected chi connectivity index (χ4v) is 3.19. The van der Waals surface area contributed by atoms with Crippen molar-refractivity contribution in [2.24, 2.45) is 10.2 Å². The van der Waals surface area contributed by atoms with Crippen LogP contribution in [-0.2, 0) is 4.79 Å². The number of aromatic nitrogens is 1. The molecule has 0 aliphatic rings. The van der Waals surface area contributed by atoms with E-state index in [9.17, 15) is 10.1 Å². The molecule has 0 aliphatic heterocycles. The fraction of sp³-hybridized carbons (Fsp3) is 0.278. The van der Waals surface area contributed by atoms with Crippen molar-refractivity contribution < 1.29 is 14.3 Å². The molecule has 0 atom stereocenters. The van der Waals surface area contributed by atoms with Crippen molar-refractivity contribution in [1.82, 2.24) is 4.98 Å². The first-order chi connectivity index (χ1) is 12.9. The van der Waals surface area contributed by atoms with Gasteiger partial charge in [-0.05, 0) is 43.3 Å². The molecule has 7 nitrogen and oxygen atoms in total. The van der Waals surface area contributed by atoms with E-state index >= 15 is 0 Å². The Balaban J connectivity index is 2.47. The summed E-state index contributed by atoms with van der Waals surface area (Å²) in [7, 11) is 3.09. The van der Waals surface area contributed by atoms with Gasteiger partial charge in [0.1, 0.15) is 34.0 Å². The van der Waals surface area contributed by atoms with Gasteiger partial charge in [-0.3, -0.25) is 4.79 Å². The Hall–Kier alpha value is -2.63. The van der Waals surface area contributed by atoms with Crippen molar-refractivity contribution in [3.63, 3.8) is 0 Å². The second kappa shape index (κ2) is 9.35. The normalized spacial score (nSPS) is 10.7. The number of thioether (sulfide) groups is 1. The van der Waals surface area contributed by atoms with E-state index in [1.807, 2.05) is 0 Å². The van der Waals surface area contributed by atoms with Crippen molar-refractivity contribution in [2.45, 2.75) is 18.9 Å². The maximum Gasteiger partial charge on any atom is 0.209 e. The van der Waals surface area contributed by atoms with Crippen LogP contribution in [0.5, 0.6) is 11.5 Å². The van der Waals surface area contributed by atoms with Crippen LogP contribution in [0.1, 0.15) is 16.8 Å². The molecule has 1 aromatic carbocycles. The monoisotopic (exact) mass is 404 g/mol. The van der Waals surface area contributed by atoms with Crippen molar-refractivity contribution in [3.05, 3.63) is 35.0 Å². The van der Waals surface area contributed by atoms with E-state index in [4.69, 9.17) is 21.1 Å². The number of pyridine rings is 1. The molecule has 9 heteroatoms. The minimum atomic E-state index is -0.281. The Morgan fingerprint density at radius 2 is 2.04 bits per heavy atom. The van der Waals surface area contributed by atoms with Crippen LogP contribution >= 0.6 is 23.4 Å². The summed E-state index contributed by atoms with van der Waals surface area (Å²) in [5.41, 5.74) is 2.39. The molecule has 0 saturated carbocycles. The molecule has 1 aromatic heterocycles. The standard InChI is InChI=1S/C18H17ClN4O3S/c1-10-13(9-20)18(27-16(24)8-19)21-11(2)17(10)23-22-14-6-5-12(25-3)7-15(14)26-4/h5-7H,8H2,1-4H3. The van der Waals surface area contributed by atoms with Gasteiger partial charge < -0.3 is 9.47 Å². The molecule has 0 unspecified atom stereocenters. The third-order valence-corrected chi connectivity index (χ3v) is 4.89. The maximum atomic E-state index is 11.6. The number of aryl methyl sites for hydroxylation is 1. The maximum absolute atomic E-state index is 11.6. The van der Waals surface area contributed by atoms with E-state index in [-0.39, 0.29) is 16.6 Å². The number of alkyl halides is 1. The third kappa shape index (κ3) is 4.76. The van der Waals surface area contributed by atoms with Crippen LogP contribution in [0.25, 0.3) is 0 Å². The van der Waals surface area contributed by atoms with E-state index < -0.39 is 0 Å². The second-order valence-electron chi connectivity index (χ2n) is 5.31. The molecule has 0 N–H and O–H groups in total. The zero-order valence-electron chi connectivity index (χ0n) is 15.2. The highest BCUT2D eigenvalue weighted by atomic mass is 35.5. The molecule has 0 amide bonds. The highest BCUT2D eigenvalue weighted by Crippen LogP contribution is 2.36. The number of rotatable bonds is 6. The highest BCUT2D eigenvalue weighted by molar-refractivity contribution is 8.13. The smallest absolute Gasteiger partial charge is 0.209 e. The van der Waals surface area contributed by atoms with Gasteiger partial charge in [-0.25, -0.2) is 4.98 Å². The van der Waals surface area contributed by atoms with Crippen LogP contribution in [0, 0.1) is 25.2 Å². The predicted octanol–water partition coefficient (Wildman–Crippen LogP) is 4.86. The topological polar surface area (TPSA) is 96.9 Å². The van der Waals surface area contributed by atoms with Gasteiger partial charge in [-0.2, -0.15) is 5.26 Å². The van der Waals surface area contributed by atoms with Gasteiger partial charge >= 0.3 is 0 Å². The molecule has 0 radical (unpaired) electrons. The summed E-state index contributed by atoms with van der Waals surface area (Å²) in [6.07, 6.45) is 0. The first-order valence-electron chi connectivity index (χ1n) is 7.76. The number of methoxy groups -OCH3 is 2. The number of carbonyl (C=O) groups excluding carboxylic acids is 1. The number of nitriles is 1. The predicted molar refractivity (Wildman–Crippen MR) is 104 cm³/mol. The lowest BCUT2D eigenvalue weighted by Crippen LogP contribution is -2.00. The number of azo groups is 1. The van der Waals surface area contributed by atoms with Crippen LogP contribution in [0.3, 0.4) is 0 Å². The molecule has 2 rings (SSSR count). The van der Waals surface area contributed by atoms with Crippen molar-refractivity contribution >= 4 is 39.9 Å². The van der Waals surface area contributed by atoms with E-state index in [1.54, 1.807) is 39.2 Å². The third-order valence-electron chi connectivity index (χ3n) is 3.63. The molecule has 1 heterocycles. The zero-order chi connectivity index (χ0) is 20.0. The van der Waals surface area contributed by atoms with Gasteiger partial charge in [0.2, 0.25) is 5.12 Å². The van der Waals surface area contributed by atoms with E-state index in [1.165, 1.54) is 7.11 Å². The van der Waals surface area contributed by atoms with Crippen LogP contribution in [0.2, 0.25) is 0 Å². The summed E-state index contributed by atoms with van der Waals surface area (Å²) in [6.45, 7) is 3.48. The van der Waals surface area contributed by atoms with Gasteiger partial charge in [0.25, 0.3) is 0 Å². The molecule has 0 saturated heterocycles. The fourth-order valence-electron chi connectivity index (χ4n) is 2.27. The van der Waals surface area contributed by atoms with Crippen LogP contribution in [0.4, 0.5) is 11.4 Å². The summed E-state index contributed by atoms with van der Waals surface area (Å²) < 4.78 is 10.5. The van der Waals surface area contributed by atoms with Gasteiger partial charge in [0.15, 0.2) is 0 Å². The Labute approximate surface area is 166 Å². The summed E-state index contributed by atoms with van der Waals surface area (Å²) in [6, 6.07) is 7.23. The average molecular weight is 405 g/mol. The highest BCUT2D eigenvalue weighted by Gasteiger charge is 2.18. The summed E-state index contributed by atoms with van der Waals surface area (Å²) >= 11 is 6.39. The lowest BCUT2D eigenvalue weighted by Gasteiger charge is -2.10. The number of ether oxygens (including phenoxy) is 2. The number of halogens is 1. The van der Waals surface area contributed by atoms with Gasteiger partial charge in [0, 0.05) is 6.07 Å². The first kappa shape index (κ1) is 20.7. The SMILES string of the molecule is COc1ccc(N=Nc2c(C)nc(SC(=O)CCl)c(C#N)c2C)c(OC)c1. The number of nitrogens with zero attached hydrogens (tertiary/aromatic N) is 4. The average Bonchev–Trinajstić information content (AvgIpc) is 2.67. The quantitative estimate of drug-likeness (QED) is 0.387. The van der Waals surface area contributed by atoms with Gasteiger partial charge in [0.05, 0.1) is 31.4 Å². The van der Waals surface area contributed by atoms with Crippen LogP contribution in [0.15, 0.2) is 33.5 Å². The number of carbonyl (C=O) groups is 1. The van der Waals surface area contributed by atoms with E-state index in [2.05, 4.69) is 21.3 Å². The van der Waals surface area contributed by atoms with Crippen LogP contribution < -0.4 is 9.47 Å². The molecule has 27 heavy (non-hydrogen) atoms. The summed E-state index contributed by atoms with van der Waals surface area (Å²) in [4.78, 5) is 15.9. The summed E-state index contributed by atoms with van der Waals surface area (Å²) in [5, 5.41) is 18.0. The first-order valence-corrected chi connectivity index (χ1v) is 9.12. The van der Waals surface area contributed by atoms with Gasteiger partial charge in [-0.15, -0.1) is 21.8 Å². The number of benzene rings is 1. The molecule has 0 aliphatic carbocycles. The minimum absolute atomic E-state index is 0.159. The van der Waals surface area contributed by atoms with Gasteiger partial charge in [-0.1, -0.05) is 0 Å². The lowest BCUT2D eigenvalue weighted by molar-refractivity contribution is -0.108. The van der Waals surface area contributed by atoms with Crippen molar-refractivity contribution in [2.75, 3.05) is 20.1 Å². The summed E-state index contributed by atoms with van der Waals surface area (Å²) in [5.74, 6) is 0.979. The lowest BCUT2D eigenvalue weighted by atomic mass is 10.1. The molecule has 0 fully saturated rings. The van der Waals surface area contributed by atoms with Crippen molar-refractivity contribution in [1.29, 1.82) is 5.26 Å². The zero-order valence-corrected chi connectivity index (χ0v) is 16.8. The van der Waals surface area contributed by atoms with Crippen LogP contribution in [-0.4, -0.2) is 30.2 Å². The molecule has 0 bridgehead atoms. The van der Waals surface area contributed by atoms with E-state index in [0.717, 1.165) is 11.8 Å². The Morgan fingerprint density at radius 1 is 1.30 bits per heavy atom. The number of hydrogen-bond acceptors (Lipinski definition) is 8. The Kier molecular flexibility index (Phi) is 7.16. The molecular weight excluding hydrogens is 388 g/mol. The minimum Gasteiger partial charge on any atom is -0.497 e. The Morgan fingerprint density at radius 3 is 2.63 bits per heavy atom. The molecular formula is C18H17ClN4O3S. The Bertz CT molecular complexity index is 941. The second-order valence-corrected chi connectivity index (χ2v) is 6.62. The van der Waals surface area contributed by atoms with Crippen molar-refractivity contribution in [3.8, 4) is 17.6 Å².